The zero-order valence-corrected chi connectivity index (χ0v) is 19.5. The number of nitrogens with one attached hydrogen (secondary N) is 2. The topological polar surface area (TPSA) is 99.4 Å². The molecule has 0 saturated heterocycles. The molecule has 1 aromatic carbocycles. The van der Waals surface area contributed by atoms with Gasteiger partial charge in [0.2, 0.25) is 5.90 Å². The van der Waals surface area contributed by atoms with E-state index in [9.17, 15) is 13.6 Å². The van der Waals surface area contributed by atoms with E-state index in [2.05, 4.69) is 20.1 Å². The van der Waals surface area contributed by atoms with Gasteiger partial charge in [0.1, 0.15) is 17.2 Å². The van der Waals surface area contributed by atoms with Crippen LogP contribution in [0.1, 0.15) is 12.5 Å². The van der Waals surface area contributed by atoms with Gasteiger partial charge in [-0.1, -0.05) is 12.1 Å². The van der Waals surface area contributed by atoms with Gasteiger partial charge in [-0.05, 0) is 48.9 Å². The van der Waals surface area contributed by atoms with Crippen molar-refractivity contribution in [3.05, 3.63) is 83.4 Å². The molecule has 1 aromatic rings. The zero-order valence-electron chi connectivity index (χ0n) is 19.5. The van der Waals surface area contributed by atoms with E-state index >= 15 is 0 Å². The molecule has 182 valence electrons. The average molecular weight is 482 g/mol. The summed E-state index contributed by atoms with van der Waals surface area (Å²) in [7, 11) is 3.49. The van der Waals surface area contributed by atoms with Gasteiger partial charge >= 0.3 is 6.61 Å². The van der Waals surface area contributed by atoms with E-state index in [1.54, 1.807) is 55.7 Å². The summed E-state index contributed by atoms with van der Waals surface area (Å²) >= 11 is 0. The van der Waals surface area contributed by atoms with Crippen LogP contribution in [0.25, 0.3) is 5.57 Å². The number of aldehydes is 1. The normalized spacial score (nSPS) is 19.0. The summed E-state index contributed by atoms with van der Waals surface area (Å²) in [6.07, 6.45) is 10.9. The van der Waals surface area contributed by atoms with Gasteiger partial charge in [-0.3, -0.25) is 9.80 Å². The Bertz CT molecular complexity index is 1190. The van der Waals surface area contributed by atoms with Crippen LogP contribution in [-0.4, -0.2) is 55.9 Å². The van der Waals surface area contributed by atoms with Gasteiger partial charge in [-0.15, -0.1) is 0 Å². The standard InChI is InChI=1S/C25H25F2N5O3/c1-4-34-23-12-11-22(31-32(3)18-7-10-21(28)17(13-18)14-29-2)24(30-23)20(15-33)16-5-8-19(9-6-16)35-25(26)27/h5-15,25,28-29H,4H2,1-3H3/b17-14-,24-20-,28-21?,31-22-. The maximum absolute atomic E-state index is 12.5. The number of rotatable bonds is 8. The number of dihydropyridines is 1. The Morgan fingerprint density at radius 1 is 1.23 bits per heavy atom. The third-order valence-electron chi connectivity index (χ3n) is 4.87. The minimum atomic E-state index is -2.95. The van der Waals surface area contributed by atoms with E-state index in [0.717, 1.165) is 0 Å². The first kappa shape index (κ1) is 25.3. The molecular weight excluding hydrogens is 456 g/mol. The lowest BCUT2D eigenvalue weighted by Crippen LogP contribution is -2.19. The third kappa shape index (κ3) is 6.38. The summed E-state index contributed by atoms with van der Waals surface area (Å²) in [5.74, 6) is 0.285. The van der Waals surface area contributed by atoms with Crippen molar-refractivity contribution in [2.24, 2.45) is 10.1 Å². The van der Waals surface area contributed by atoms with Gasteiger partial charge < -0.3 is 20.2 Å². The molecule has 2 N–H and O–H groups in total. The summed E-state index contributed by atoms with van der Waals surface area (Å²) in [5.41, 5.74) is 3.06. The number of halogens is 2. The third-order valence-corrected chi connectivity index (χ3v) is 4.87. The van der Waals surface area contributed by atoms with E-state index < -0.39 is 6.61 Å². The molecule has 10 heteroatoms. The Hall–Kier alpha value is -4.34. The van der Waals surface area contributed by atoms with E-state index in [-0.39, 0.29) is 17.0 Å². The molecule has 1 heterocycles. The van der Waals surface area contributed by atoms with Crippen LogP contribution in [0.4, 0.5) is 8.78 Å². The molecule has 0 atom stereocenters. The van der Waals surface area contributed by atoms with Gasteiger partial charge in [0, 0.05) is 37.5 Å². The van der Waals surface area contributed by atoms with E-state index in [0.29, 0.717) is 47.0 Å². The molecule has 2 aliphatic rings. The van der Waals surface area contributed by atoms with Crippen molar-refractivity contribution in [1.29, 1.82) is 5.41 Å². The molecule has 0 spiro atoms. The second kappa shape index (κ2) is 11.7. The van der Waals surface area contributed by atoms with Crippen LogP contribution in [-0.2, 0) is 9.53 Å². The fourth-order valence-corrected chi connectivity index (χ4v) is 3.26. The molecule has 0 unspecified atom stereocenters. The van der Waals surface area contributed by atoms with Gasteiger partial charge in [0.15, 0.2) is 6.29 Å². The Morgan fingerprint density at radius 2 is 1.97 bits per heavy atom. The van der Waals surface area contributed by atoms with Crippen LogP contribution >= 0.6 is 0 Å². The Kier molecular flexibility index (Phi) is 8.44. The molecule has 8 nitrogen and oxygen atoms in total. The minimum Gasteiger partial charge on any atom is -0.478 e. The predicted molar refractivity (Wildman–Crippen MR) is 132 cm³/mol. The van der Waals surface area contributed by atoms with Crippen LogP contribution in [0.5, 0.6) is 5.75 Å². The number of alkyl halides is 2. The predicted octanol–water partition coefficient (Wildman–Crippen LogP) is 4.07. The minimum absolute atomic E-state index is 0.0262. The molecule has 1 aliphatic carbocycles. The van der Waals surface area contributed by atoms with Crippen molar-refractivity contribution in [3.63, 3.8) is 0 Å². The van der Waals surface area contributed by atoms with Crippen LogP contribution in [0.15, 0.2) is 87.9 Å². The Balaban J connectivity index is 2.04. The summed E-state index contributed by atoms with van der Waals surface area (Å²) in [6, 6.07) is 5.69. The van der Waals surface area contributed by atoms with Crippen molar-refractivity contribution < 1.29 is 23.0 Å². The molecule has 35 heavy (non-hydrogen) atoms. The first-order valence-corrected chi connectivity index (χ1v) is 10.7. The fraction of sp³-hybridized carbons (Fsp3) is 0.200. The van der Waals surface area contributed by atoms with Crippen LogP contribution in [0, 0.1) is 5.41 Å². The highest BCUT2D eigenvalue weighted by molar-refractivity contribution is 6.25. The SMILES string of the molecule is CCOC1=NC(=C(/C=O)c2ccc(OC(F)F)cc2)/C(=N\N(C)C2=C/C(=C/NC)C(=N)C=C2)C=C1. The second-order valence-electron chi connectivity index (χ2n) is 7.21. The number of hydrogen-bond donors (Lipinski definition) is 2. The highest BCUT2D eigenvalue weighted by Gasteiger charge is 2.20. The Labute approximate surface area is 201 Å². The van der Waals surface area contributed by atoms with E-state index in [1.165, 1.54) is 24.3 Å². The smallest absolute Gasteiger partial charge is 0.387 e. The van der Waals surface area contributed by atoms with Crippen molar-refractivity contribution in [2.45, 2.75) is 13.5 Å². The molecule has 0 bridgehead atoms. The summed E-state index contributed by atoms with van der Waals surface area (Å²) in [4.78, 5) is 16.6. The lowest BCUT2D eigenvalue weighted by molar-refractivity contribution is -0.103. The number of likely N-dealkylation sites (N-methyl/N-ethyl adjacent to an activating group) is 1. The Morgan fingerprint density at radius 3 is 2.60 bits per heavy atom. The number of carbonyl (C=O) groups excluding carboxylic acids is 1. The summed E-state index contributed by atoms with van der Waals surface area (Å²) in [5, 5.41) is 17.2. The van der Waals surface area contributed by atoms with Crippen LogP contribution in [0.3, 0.4) is 0 Å². The van der Waals surface area contributed by atoms with Gasteiger partial charge in [-0.25, -0.2) is 4.99 Å². The number of hydrazone groups is 1. The molecule has 1 aliphatic heterocycles. The molecule has 0 aromatic heterocycles. The highest BCUT2D eigenvalue weighted by Crippen LogP contribution is 2.26. The molecule has 0 radical (unpaired) electrons. The van der Waals surface area contributed by atoms with Crippen molar-refractivity contribution in [1.82, 2.24) is 10.3 Å². The maximum atomic E-state index is 12.5. The van der Waals surface area contributed by atoms with E-state index in [4.69, 9.17) is 10.1 Å². The van der Waals surface area contributed by atoms with Crippen molar-refractivity contribution in [2.75, 3.05) is 20.7 Å². The van der Waals surface area contributed by atoms with Gasteiger partial charge in [-0.2, -0.15) is 13.9 Å². The largest absolute Gasteiger partial charge is 0.478 e. The highest BCUT2D eigenvalue weighted by atomic mass is 19.3. The number of nitrogens with zero attached hydrogens (tertiary/aromatic N) is 3. The number of hydrogen-bond acceptors (Lipinski definition) is 8. The molecule has 3 rings (SSSR count). The number of carbonyl (C=O) groups is 1. The van der Waals surface area contributed by atoms with E-state index in [1.807, 2.05) is 6.92 Å². The molecular formula is C25H25F2N5O3. The zero-order chi connectivity index (χ0) is 25.4. The lowest BCUT2D eigenvalue weighted by Gasteiger charge is -2.21. The first-order valence-electron chi connectivity index (χ1n) is 10.7. The number of allylic oxidation sites excluding steroid dienone is 6. The second-order valence-corrected chi connectivity index (χ2v) is 7.21. The fourth-order valence-electron chi connectivity index (χ4n) is 3.26. The monoisotopic (exact) mass is 481 g/mol. The first-order chi connectivity index (χ1) is 16.9. The quantitative estimate of drug-likeness (QED) is 0.331. The number of benzene rings is 1. The maximum Gasteiger partial charge on any atom is 0.387 e. The summed E-state index contributed by atoms with van der Waals surface area (Å²) < 4.78 is 34.9. The lowest BCUT2D eigenvalue weighted by atomic mass is 10.0. The van der Waals surface area contributed by atoms with Crippen LogP contribution in [0.2, 0.25) is 0 Å². The molecule has 0 saturated carbocycles. The number of aliphatic imine (C=N–C) groups is 1. The van der Waals surface area contributed by atoms with Crippen molar-refractivity contribution >= 4 is 29.2 Å². The van der Waals surface area contributed by atoms with Crippen molar-refractivity contribution in [3.8, 4) is 5.75 Å². The number of ether oxygens (including phenoxy) is 2. The van der Waals surface area contributed by atoms with Gasteiger partial charge in [0.25, 0.3) is 0 Å². The summed E-state index contributed by atoms with van der Waals surface area (Å²) in [6.45, 7) is -0.755. The molecule has 0 fully saturated rings. The van der Waals surface area contributed by atoms with Gasteiger partial charge in [0.05, 0.1) is 18.0 Å². The molecule has 0 amide bonds. The average Bonchev–Trinajstić information content (AvgIpc) is 2.83. The van der Waals surface area contributed by atoms with Crippen LogP contribution < -0.4 is 10.1 Å².